The van der Waals surface area contributed by atoms with Crippen LogP contribution in [0.15, 0.2) is 59.1 Å². The van der Waals surface area contributed by atoms with E-state index in [1.165, 1.54) is 0 Å². The highest BCUT2D eigenvalue weighted by Crippen LogP contribution is 2.32. The van der Waals surface area contributed by atoms with Gasteiger partial charge in [0.15, 0.2) is 5.82 Å². The Morgan fingerprint density at radius 3 is 2.47 bits per heavy atom. The topological polar surface area (TPSA) is 70.6 Å². The number of anilines is 2. The van der Waals surface area contributed by atoms with Crippen LogP contribution in [0.25, 0.3) is 11.4 Å². The van der Waals surface area contributed by atoms with Crippen molar-refractivity contribution in [1.29, 1.82) is 0 Å². The molecule has 0 spiro atoms. The van der Waals surface area contributed by atoms with Crippen LogP contribution in [-0.4, -0.2) is 52.7 Å². The van der Waals surface area contributed by atoms with Crippen molar-refractivity contribution in [3.8, 4) is 11.4 Å². The largest absolute Gasteiger partial charge is 0.372 e. The highest BCUT2D eigenvalue weighted by molar-refractivity contribution is 9.10. The molecule has 1 fully saturated rings. The molecule has 5 rings (SSSR count). The smallest absolute Gasteiger partial charge is 0.322 e. The van der Waals surface area contributed by atoms with Crippen LogP contribution in [0, 0.1) is 0 Å². The van der Waals surface area contributed by atoms with Gasteiger partial charge in [-0.1, -0.05) is 42.5 Å². The third kappa shape index (κ3) is 4.79. The van der Waals surface area contributed by atoms with Crippen LogP contribution < -0.4 is 10.2 Å². The summed E-state index contributed by atoms with van der Waals surface area (Å²) in [6, 6.07) is 17.6. The maximum Gasteiger partial charge on any atom is 0.322 e. The minimum absolute atomic E-state index is 0.105. The molecule has 2 atom stereocenters. The molecule has 0 saturated carbocycles. The molecule has 2 aliphatic heterocycles. The molecule has 8 heteroatoms. The second kappa shape index (κ2) is 9.72. The zero-order chi connectivity index (χ0) is 23.7. The first-order chi connectivity index (χ1) is 16.5. The molecule has 3 aromatic rings. The number of hydrogen-bond acceptors (Lipinski definition) is 5. The number of para-hydroxylation sites is 1. The fourth-order valence-corrected chi connectivity index (χ4v) is 5.04. The van der Waals surface area contributed by atoms with E-state index in [4.69, 9.17) is 14.7 Å². The van der Waals surface area contributed by atoms with E-state index in [1.807, 2.05) is 59.5 Å². The minimum atomic E-state index is -0.126. The van der Waals surface area contributed by atoms with E-state index in [-0.39, 0.29) is 18.2 Å². The van der Waals surface area contributed by atoms with E-state index in [2.05, 4.69) is 40.0 Å². The summed E-state index contributed by atoms with van der Waals surface area (Å²) in [4.78, 5) is 27.2. The lowest BCUT2D eigenvalue weighted by molar-refractivity contribution is -0.00556. The quantitative estimate of drug-likeness (QED) is 0.518. The number of halogens is 1. The van der Waals surface area contributed by atoms with Gasteiger partial charge in [-0.05, 0) is 41.9 Å². The fraction of sp³-hybridized carbons (Fsp3) is 0.346. The van der Waals surface area contributed by atoms with Gasteiger partial charge in [0.2, 0.25) is 0 Å². The van der Waals surface area contributed by atoms with Gasteiger partial charge in [-0.3, -0.25) is 0 Å². The second-order valence-electron chi connectivity index (χ2n) is 8.91. The standard InChI is InChI=1S/C26H28BrN5O2/c1-17-14-32(15-18(2)34-17)25-20-16-31(26(33)29-23-11-7-6-10-21(23)27)13-12-22(20)28-24(30-25)19-8-4-3-5-9-19/h3-11,17-18H,12-16H2,1-2H3,(H,29,33). The molecule has 1 N–H and O–H groups in total. The van der Waals surface area contributed by atoms with Crippen LogP contribution in [0.3, 0.4) is 0 Å². The Bertz CT molecular complexity index is 1180. The average molecular weight is 522 g/mol. The van der Waals surface area contributed by atoms with Crippen LogP contribution in [0.4, 0.5) is 16.3 Å². The Labute approximate surface area is 208 Å². The number of morpholine rings is 1. The van der Waals surface area contributed by atoms with Gasteiger partial charge in [-0.25, -0.2) is 14.8 Å². The van der Waals surface area contributed by atoms with Crippen molar-refractivity contribution < 1.29 is 9.53 Å². The Morgan fingerprint density at radius 2 is 1.74 bits per heavy atom. The van der Waals surface area contributed by atoms with Gasteiger partial charge in [0, 0.05) is 41.7 Å². The van der Waals surface area contributed by atoms with E-state index in [0.717, 1.165) is 51.7 Å². The van der Waals surface area contributed by atoms with Crippen LogP contribution in [0.5, 0.6) is 0 Å². The number of amides is 2. The second-order valence-corrected chi connectivity index (χ2v) is 9.76. The van der Waals surface area contributed by atoms with Crippen molar-refractivity contribution in [2.45, 2.75) is 39.0 Å². The molecule has 0 bridgehead atoms. The molecular formula is C26H28BrN5O2. The molecule has 0 aliphatic carbocycles. The number of aromatic nitrogens is 2. The Kier molecular flexibility index (Phi) is 6.52. The molecule has 176 valence electrons. The summed E-state index contributed by atoms with van der Waals surface area (Å²) >= 11 is 3.51. The maximum atomic E-state index is 13.1. The lowest BCUT2D eigenvalue weighted by atomic mass is 10.0. The molecule has 34 heavy (non-hydrogen) atoms. The van der Waals surface area contributed by atoms with Gasteiger partial charge >= 0.3 is 6.03 Å². The monoisotopic (exact) mass is 521 g/mol. The first-order valence-electron chi connectivity index (χ1n) is 11.6. The molecule has 1 saturated heterocycles. The predicted octanol–water partition coefficient (Wildman–Crippen LogP) is 5.11. The molecule has 2 aromatic carbocycles. The fourth-order valence-electron chi connectivity index (χ4n) is 4.66. The van der Waals surface area contributed by atoms with Crippen LogP contribution in [0.2, 0.25) is 0 Å². The normalized spacial score (nSPS) is 20.1. The van der Waals surface area contributed by atoms with E-state index in [1.54, 1.807) is 0 Å². The number of hydrogen-bond donors (Lipinski definition) is 1. The maximum absolute atomic E-state index is 13.1. The Morgan fingerprint density at radius 1 is 1.03 bits per heavy atom. The predicted molar refractivity (Wildman–Crippen MR) is 137 cm³/mol. The van der Waals surface area contributed by atoms with E-state index < -0.39 is 0 Å². The number of carbonyl (C=O) groups excluding carboxylic acids is 1. The lowest BCUT2D eigenvalue weighted by Gasteiger charge is -2.39. The average Bonchev–Trinajstić information content (AvgIpc) is 2.84. The van der Waals surface area contributed by atoms with E-state index in [9.17, 15) is 4.79 Å². The van der Waals surface area contributed by atoms with Gasteiger partial charge in [0.1, 0.15) is 5.82 Å². The summed E-state index contributed by atoms with van der Waals surface area (Å²) in [5.74, 6) is 1.64. The summed E-state index contributed by atoms with van der Waals surface area (Å²) in [6.45, 7) is 6.76. The summed E-state index contributed by atoms with van der Waals surface area (Å²) in [7, 11) is 0. The van der Waals surface area contributed by atoms with Crippen molar-refractivity contribution >= 4 is 33.5 Å². The van der Waals surface area contributed by atoms with Crippen molar-refractivity contribution in [2.75, 3.05) is 29.9 Å². The van der Waals surface area contributed by atoms with Crippen LogP contribution in [-0.2, 0) is 17.7 Å². The molecular weight excluding hydrogens is 494 g/mol. The number of urea groups is 1. The van der Waals surface area contributed by atoms with Crippen molar-refractivity contribution in [3.63, 3.8) is 0 Å². The van der Waals surface area contributed by atoms with Crippen LogP contribution in [0.1, 0.15) is 25.1 Å². The Hall–Kier alpha value is -2.97. The number of ether oxygens (including phenoxy) is 1. The number of nitrogens with one attached hydrogen (secondary N) is 1. The van der Waals surface area contributed by atoms with E-state index in [0.29, 0.717) is 19.5 Å². The highest BCUT2D eigenvalue weighted by atomic mass is 79.9. The molecule has 3 heterocycles. The number of rotatable bonds is 3. The highest BCUT2D eigenvalue weighted by Gasteiger charge is 2.31. The zero-order valence-electron chi connectivity index (χ0n) is 19.4. The third-order valence-corrected chi connectivity index (χ3v) is 6.88. The molecule has 0 radical (unpaired) electrons. The number of fused-ring (bicyclic) bond motifs is 1. The zero-order valence-corrected chi connectivity index (χ0v) is 21.0. The summed E-state index contributed by atoms with van der Waals surface area (Å²) in [6.07, 6.45) is 0.893. The summed E-state index contributed by atoms with van der Waals surface area (Å²) < 4.78 is 6.82. The SMILES string of the molecule is CC1CN(c2nc(-c3ccccc3)nc3c2CN(C(=O)Nc2ccccc2Br)CC3)CC(C)O1. The number of carbonyl (C=O) groups is 1. The van der Waals surface area contributed by atoms with Gasteiger partial charge in [-0.2, -0.15) is 0 Å². The van der Waals surface area contributed by atoms with Crippen LogP contribution >= 0.6 is 15.9 Å². The van der Waals surface area contributed by atoms with Gasteiger partial charge in [0.25, 0.3) is 0 Å². The molecule has 2 aliphatic rings. The van der Waals surface area contributed by atoms with Gasteiger partial charge in [0.05, 0.1) is 30.1 Å². The third-order valence-electron chi connectivity index (χ3n) is 6.19. The molecule has 2 unspecified atom stereocenters. The summed E-state index contributed by atoms with van der Waals surface area (Å²) in [5.41, 5.74) is 3.79. The van der Waals surface area contributed by atoms with E-state index >= 15 is 0 Å². The Balaban J connectivity index is 1.48. The molecule has 7 nitrogen and oxygen atoms in total. The molecule has 2 amide bonds. The number of nitrogens with zero attached hydrogens (tertiary/aromatic N) is 4. The molecule has 1 aromatic heterocycles. The summed E-state index contributed by atoms with van der Waals surface area (Å²) in [5, 5.41) is 3.03. The minimum Gasteiger partial charge on any atom is -0.372 e. The lowest BCUT2D eigenvalue weighted by Crippen LogP contribution is -2.47. The van der Waals surface area contributed by atoms with Gasteiger partial charge < -0.3 is 19.9 Å². The first kappa shape index (κ1) is 22.8. The van der Waals surface area contributed by atoms with Crippen molar-refractivity contribution in [2.24, 2.45) is 0 Å². The number of benzene rings is 2. The van der Waals surface area contributed by atoms with Gasteiger partial charge in [-0.15, -0.1) is 0 Å². The first-order valence-corrected chi connectivity index (χ1v) is 12.4. The van der Waals surface area contributed by atoms with Crippen molar-refractivity contribution in [3.05, 3.63) is 70.3 Å². The van der Waals surface area contributed by atoms with Crippen molar-refractivity contribution in [1.82, 2.24) is 14.9 Å².